The number of benzene rings is 3. The molecule has 1 aliphatic rings. The summed E-state index contributed by atoms with van der Waals surface area (Å²) in [6, 6.07) is 22.5. The van der Waals surface area contributed by atoms with Gasteiger partial charge in [0.15, 0.2) is 6.61 Å². The number of carbonyl (C=O) groups excluding carboxylic acids is 3. The number of hydrogen-bond donors (Lipinski definition) is 1. The van der Waals surface area contributed by atoms with E-state index in [0.29, 0.717) is 12.1 Å². The molecule has 2 amide bonds. The Bertz CT molecular complexity index is 1340. The lowest BCUT2D eigenvalue weighted by atomic mass is 9.98. The molecule has 0 unspecified atom stereocenters. The molecular formula is C30H31N3O5. The number of carbonyl (C=O) groups is 3. The number of anilines is 1. The van der Waals surface area contributed by atoms with Gasteiger partial charge in [-0.25, -0.2) is 5.01 Å². The van der Waals surface area contributed by atoms with Crippen LogP contribution in [0.1, 0.15) is 47.6 Å². The molecule has 38 heavy (non-hydrogen) atoms. The lowest BCUT2D eigenvalue weighted by Gasteiger charge is -2.22. The first-order valence-corrected chi connectivity index (χ1v) is 12.5. The van der Waals surface area contributed by atoms with Crippen LogP contribution in [0.2, 0.25) is 0 Å². The molecule has 4 rings (SSSR count). The maximum absolute atomic E-state index is 13.2. The van der Waals surface area contributed by atoms with E-state index >= 15 is 0 Å². The van der Waals surface area contributed by atoms with Crippen molar-refractivity contribution in [2.45, 2.75) is 39.2 Å². The summed E-state index contributed by atoms with van der Waals surface area (Å²) in [5.74, 6) is -0.642. The molecule has 8 heteroatoms. The number of methoxy groups -OCH3 is 1. The van der Waals surface area contributed by atoms with Crippen molar-refractivity contribution in [1.82, 2.24) is 5.01 Å². The molecule has 0 spiro atoms. The van der Waals surface area contributed by atoms with E-state index in [4.69, 9.17) is 9.47 Å². The number of rotatable bonds is 9. The molecular weight excluding hydrogens is 482 g/mol. The fourth-order valence-corrected chi connectivity index (χ4v) is 4.19. The normalized spacial score (nSPS) is 14.6. The molecule has 0 radical (unpaired) electrons. The zero-order chi connectivity index (χ0) is 27.1. The summed E-state index contributed by atoms with van der Waals surface area (Å²) in [6.45, 7) is 3.52. The lowest BCUT2D eigenvalue weighted by Crippen LogP contribution is -2.28. The van der Waals surface area contributed by atoms with Crippen LogP contribution in [0, 0.1) is 13.8 Å². The maximum atomic E-state index is 13.2. The second kappa shape index (κ2) is 12.2. The molecule has 1 heterocycles. The number of ether oxygens (including phenoxy) is 2. The summed E-state index contributed by atoms with van der Waals surface area (Å²) >= 11 is 0. The SMILES string of the molecule is COc1ccc([C@@H]2CC(c3ccccc3)=NN2C(=O)CCC(=O)OCC(=O)Nc2ccc(C)c(C)c2)cc1. The Morgan fingerprint density at radius 3 is 2.37 bits per heavy atom. The van der Waals surface area contributed by atoms with E-state index in [-0.39, 0.29) is 24.8 Å². The van der Waals surface area contributed by atoms with Gasteiger partial charge in [0.2, 0.25) is 5.91 Å². The van der Waals surface area contributed by atoms with Gasteiger partial charge in [-0.05, 0) is 60.4 Å². The van der Waals surface area contributed by atoms with Crippen molar-refractivity contribution in [3.05, 3.63) is 95.1 Å². The van der Waals surface area contributed by atoms with E-state index in [2.05, 4.69) is 10.4 Å². The number of aryl methyl sites for hydroxylation is 2. The van der Waals surface area contributed by atoms with Crippen LogP contribution in [0.5, 0.6) is 5.75 Å². The number of esters is 1. The monoisotopic (exact) mass is 513 g/mol. The largest absolute Gasteiger partial charge is 0.497 e. The molecule has 3 aromatic carbocycles. The van der Waals surface area contributed by atoms with Crippen LogP contribution in [0.15, 0.2) is 77.9 Å². The van der Waals surface area contributed by atoms with Crippen molar-refractivity contribution >= 4 is 29.2 Å². The third-order valence-electron chi connectivity index (χ3n) is 6.47. The Hall–Kier alpha value is -4.46. The summed E-state index contributed by atoms with van der Waals surface area (Å²) in [7, 11) is 1.60. The Morgan fingerprint density at radius 2 is 1.68 bits per heavy atom. The molecule has 0 saturated carbocycles. The van der Waals surface area contributed by atoms with E-state index in [1.807, 2.05) is 80.6 Å². The molecule has 1 aliphatic heterocycles. The highest BCUT2D eigenvalue weighted by Gasteiger charge is 2.33. The lowest BCUT2D eigenvalue weighted by molar-refractivity contribution is -0.149. The van der Waals surface area contributed by atoms with E-state index in [1.54, 1.807) is 13.2 Å². The van der Waals surface area contributed by atoms with Crippen molar-refractivity contribution in [2.24, 2.45) is 5.10 Å². The fraction of sp³-hybridized carbons (Fsp3) is 0.267. The van der Waals surface area contributed by atoms with Crippen molar-refractivity contribution in [3.63, 3.8) is 0 Å². The van der Waals surface area contributed by atoms with Crippen LogP contribution in [-0.4, -0.2) is 42.2 Å². The fourth-order valence-electron chi connectivity index (χ4n) is 4.19. The van der Waals surface area contributed by atoms with E-state index in [1.165, 1.54) is 5.01 Å². The molecule has 0 aliphatic carbocycles. The summed E-state index contributed by atoms with van der Waals surface area (Å²) in [6.07, 6.45) is 0.304. The van der Waals surface area contributed by atoms with Crippen molar-refractivity contribution in [2.75, 3.05) is 19.0 Å². The minimum absolute atomic E-state index is 0.0875. The highest BCUT2D eigenvalue weighted by atomic mass is 16.5. The maximum Gasteiger partial charge on any atom is 0.306 e. The van der Waals surface area contributed by atoms with Gasteiger partial charge in [-0.15, -0.1) is 0 Å². The van der Waals surface area contributed by atoms with Gasteiger partial charge in [-0.3, -0.25) is 14.4 Å². The minimum atomic E-state index is -0.624. The third-order valence-corrected chi connectivity index (χ3v) is 6.47. The average molecular weight is 514 g/mol. The molecule has 1 atom stereocenters. The first-order chi connectivity index (χ1) is 18.3. The molecule has 0 bridgehead atoms. The first kappa shape index (κ1) is 26.6. The average Bonchev–Trinajstić information content (AvgIpc) is 3.39. The predicted molar refractivity (Wildman–Crippen MR) is 145 cm³/mol. The van der Waals surface area contributed by atoms with Gasteiger partial charge < -0.3 is 14.8 Å². The van der Waals surface area contributed by atoms with Gasteiger partial charge in [0.05, 0.1) is 25.3 Å². The van der Waals surface area contributed by atoms with Crippen molar-refractivity contribution in [1.29, 1.82) is 0 Å². The van der Waals surface area contributed by atoms with Crippen LogP contribution in [0.3, 0.4) is 0 Å². The van der Waals surface area contributed by atoms with Gasteiger partial charge in [0.25, 0.3) is 5.91 Å². The Labute approximate surface area is 222 Å². The molecule has 1 N–H and O–H groups in total. The van der Waals surface area contributed by atoms with Crippen LogP contribution < -0.4 is 10.1 Å². The zero-order valence-electron chi connectivity index (χ0n) is 21.8. The van der Waals surface area contributed by atoms with Gasteiger partial charge in [-0.2, -0.15) is 5.10 Å². The Morgan fingerprint density at radius 1 is 0.947 bits per heavy atom. The van der Waals surface area contributed by atoms with Crippen LogP contribution in [-0.2, 0) is 19.1 Å². The predicted octanol–water partition coefficient (Wildman–Crippen LogP) is 4.95. The molecule has 0 fully saturated rings. The highest BCUT2D eigenvalue weighted by molar-refractivity contribution is 6.03. The van der Waals surface area contributed by atoms with Crippen molar-refractivity contribution in [3.8, 4) is 5.75 Å². The van der Waals surface area contributed by atoms with Crippen LogP contribution >= 0.6 is 0 Å². The second-order valence-corrected chi connectivity index (χ2v) is 9.15. The molecule has 3 aromatic rings. The standard InChI is InChI=1S/C30H31N3O5/c1-20-9-12-24(17-21(20)2)31-28(34)19-38-30(36)16-15-29(35)33-27(23-10-13-25(37-3)14-11-23)18-26(32-33)22-7-5-4-6-8-22/h4-14,17,27H,15-16,18-19H2,1-3H3,(H,31,34)/t27-/m0/s1. The summed E-state index contributed by atoms with van der Waals surface area (Å²) in [5, 5.41) is 8.78. The quantitative estimate of drug-likeness (QED) is 0.408. The topological polar surface area (TPSA) is 97.3 Å². The molecule has 0 saturated heterocycles. The van der Waals surface area contributed by atoms with E-state index in [9.17, 15) is 14.4 Å². The van der Waals surface area contributed by atoms with E-state index in [0.717, 1.165) is 33.7 Å². The van der Waals surface area contributed by atoms with Gasteiger partial charge in [0.1, 0.15) is 5.75 Å². The summed E-state index contributed by atoms with van der Waals surface area (Å²) in [4.78, 5) is 37.7. The second-order valence-electron chi connectivity index (χ2n) is 9.15. The third kappa shape index (κ3) is 6.64. The Balaban J connectivity index is 1.35. The summed E-state index contributed by atoms with van der Waals surface area (Å²) in [5.41, 5.74) is 5.45. The van der Waals surface area contributed by atoms with Gasteiger partial charge in [-0.1, -0.05) is 48.5 Å². The summed E-state index contributed by atoms with van der Waals surface area (Å²) < 4.78 is 10.4. The number of hydrogen-bond acceptors (Lipinski definition) is 6. The number of nitrogens with one attached hydrogen (secondary N) is 1. The number of amides is 2. The number of hydrazone groups is 1. The zero-order valence-corrected chi connectivity index (χ0v) is 21.8. The smallest absolute Gasteiger partial charge is 0.306 e. The molecule has 196 valence electrons. The first-order valence-electron chi connectivity index (χ1n) is 12.5. The Kier molecular flexibility index (Phi) is 8.53. The molecule has 0 aromatic heterocycles. The van der Waals surface area contributed by atoms with Crippen LogP contribution in [0.4, 0.5) is 5.69 Å². The highest BCUT2D eigenvalue weighted by Crippen LogP contribution is 2.34. The van der Waals surface area contributed by atoms with Gasteiger partial charge >= 0.3 is 5.97 Å². The molecule has 8 nitrogen and oxygen atoms in total. The van der Waals surface area contributed by atoms with E-state index < -0.39 is 18.5 Å². The minimum Gasteiger partial charge on any atom is -0.497 e. The van der Waals surface area contributed by atoms with Crippen molar-refractivity contribution < 1.29 is 23.9 Å². The van der Waals surface area contributed by atoms with Gasteiger partial charge in [0, 0.05) is 18.5 Å². The number of nitrogens with zero attached hydrogens (tertiary/aromatic N) is 2. The van der Waals surface area contributed by atoms with Crippen LogP contribution in [0.25, 0.3) is 0 Å².